The fourth-order valence-corrected chi connectivity index (χ4v) is 3.91. The first-order valence-electron chi connectivity index (χ1n) is 9.46. The summed E-state index contributed by atoms with van der Waals surface area (Å²) in [5, 5.41) is 12.1. The minimum atomic E-state index is -4.63. The van der Waals surface area contributed by atoms with Crippen LogP contribution in [0, 0.1) is 0 Å². The fourth-order valence-electron chi connectivity index (χ4n) is 3.08. The fraction of sp³-hybridized carbons (Fsp3) is 0.429. The van der Waals surface area contributed by atoms with Crippen molar-refractivity contribution in [1.82, 2.24) is 0 Å². The van der Waals surface area contributed by atoms with Crippen molar-refractivity contribution in [2.24, 2.45) is 0 Å². The molecule has 0 bridgehead atoms. The van der Waals surface area contributed by atoms with Crippen LogP contribution in [0.25, 0.3) is 0 Å². The molecule has 0 spiro atoms. The van der Waals surface area contributed by atoms with Gasteiger partial charge < -0.3 is 9.84 Å². The third kappa shape index (κ3) is 8.14. The zero-order valence-electron chi connectivity index (χ0n) is 16.7. The van der Waals surface area contributed by atoms with Gasteiger partial charge in [0, 0.05) is 5.56 Å². The van der Waals surface area contributed by atoms with Gasteiger partial charge in [-0.15, -0.1) is 0 Å². The van der Waals surface area contributed by atoms with E-state index in [0.29, 0.717) is 17.9 Å². The molecule has 28 heavy (non-hydrogen) atoms. The number of unbranched alkanes of at least 4 members (excludes halogenated alkanes) is 6. The van der Waals surface area contributed by atoms with Crippen LogP contribution in [0.1, 0.15) is 57.4 Å². The van der Waals surface area contributed by atoms with E-state index in [1.54, 1.807) is 24.3 Å². The van der Waals surface area contributed by atoms with Crippen LogP contribution in [0.15, 0.2) is 47.4 Å². The zero-order chi connectivity index (χ0) is 19.7. The van der Waals surface area contributed by atoms with Crippen LogP contribution >= 0.6 is 0 Å². The van der Waals surface area contributed by atoms with E-state index in [2.05, 4.69) is 6.92 Å². The topological polar surface area (TPSA) is 86.7 Å². The van der Waals surface area contributed by atoms with Crippen molar-refractivity contribution in [3.8, 4) is 17.2 Å². The average molecular weight is 431 g/mol. The number of benzene rings is 2. The molecule has 1 N–H and O–H groups in total. The molecule has 0 aliphatic rings. The van der Waals surface area contributed by atoms with Crippen LogP contribution in [-0.4, -0.2) is 13.0 Å². The molecule has 7 heteroatoms. The second-order valence-corrected chi connectivity index (χ2v) is 7.99. The Bertz CT molecular complexity index is 822. The van der Waals surface area contributed by atoms with E-state index < -0.39 is 20.8 Å². The van der Waals surface area contributed by atoms with Gasteiger partial charge >= 0.3 is 51.4 Å². The molecular weight excluding hydrogens is 403 g/mol. The van der Waals surface area contributed by atoms with Crippen LogP contribution in [0.3, 0.4) is 0 Å². The molecule has 0 atom stereocenters. The average Bonchev–Trinajstić information content (AvgIpc) is 2.62. The van der Waals surface area contributed by atoms with Crippen molar-refractivity contribution in [1.29, 1.82) is 0 Å². The first kappa shape index (κ1) is 25.6. The smallest absolute Gasteiger partial charge is 0.872 e. The molecule has 0 saturated carbocycles. The molecule has 0 radical (unpaired) electrons. The number of hydrogen-bond acceptors (Lipinski definition) is 4. The van der Waals surface area contributed by atoms with Gasteiger partial charge in [-0.3, -0.25) is 4.55 Å². The Hall–Kier alpha value is -0.414. The Kier molecular flexibility index (Phi) is 11.9. The van der Waals surface area contributed by atoms with Gasteiger partial charge in [0.15, 0.2) is 0 Å². The van der Waals surface area contributed by atoms with E-state index in [9.17, 15) is 18.1 Å². The van der Waals surface area contributed by atoms with Gasteiger partial charge in [0.1, 0.15) is 11.5 Å². The van der Waals surface area contributed by atoms with Crippen LogP contribution < -0.4 is 61.2 Å². The molecule has 2 aromatic carbocycles. The van der Waals surface area contributed by atoms with Crippen molar-refractivity contribution < 1.29 is 74.2 Å². The summed E-state index contributed by atoms with van der Waals surface area (Å²) in [5.74, 6) is 0.119. The zero-order valence-corrected chi connectivity index (χ0v) is 20.6. The number of para-hydroxylation sites is 1. The minimum Gasteiger partial charge on any atom is -0.872 e. The summed E-state index contributed by atoms with van der Waals surface area (Å²) in [4.78, 5) is -0.568. The van der Waals surface area contributed by atoms with Crippen molar-refractivity contribution in [3.63, 3.8) is 0 Å². The Balaban J connectivity index is 0.00000392. The van der Waals surface area contributed by atoms with E-state index in [4.69, 9.17) is 4.74 Å². The summed E-state index contributed by atoms with van der Waals surface area (Å²) >= 11 is 0. The quantitative estimate of drug-likeness (QED) is 0.335. The number of ether oxygens (including phenoxy) is 1. The summed E-state index contributed by atoms with van der Waals surface area (Å²) in [6.07, 6.45) is 7.84. The summed E-state index contributed by atoms with van der Waals surface area (Å²) in [6, 6.07) is 11.5. The molecule has 148 valence electrons. The van der Waals surface area contributed by atoms with Gasteiger partial charge in [0.25, 0.3) is 10.1 Å². The molecule has 0 aliphatic carbocycles. The van der Waals surface area contributed by atoms with E-state index in [1.165, 1.54) is 25.3 Å². The van der Waals surface area contributed by atoms with Crippen molar-refractivity contribution >= 4 is 10.1 Å². The maximum atomic E-state index is 12.1. The Labute approximate surface area is 210 Å². The third-order valence-electron chi connectivity index (χ3n) is 4.44. The summed E-state index contributed by atoms with van der Waals surface area (Å²) in [7, 11) is -4.63. The van der Waals surface area contributed by atoms with Gasteiger partial charge in [-0.1, -0.05) is 75.5 Å². The second-order valence-electron chi connectivity index (χ2n) is 6.63. The summed E-state index contributed by atoms with van der Waals surface area (Å²) < 4.78 is 38.9. The van der Waals surface area contributed by atoms with Gasteiger partial charge in [-0.2, -0.15) is 8.42 Å². The molecular formula is C21H27KO5S. The van der Waals surface area contributed by atoms with Crippen LogP contribution in [0.2, 0.25) is 0 Å². The molecule has 0 fully saturated rings. The maximum absolute atomic E-state index is 12.1. The predicted molar refractivity (Wildman–Crippen MR) is 104 cm³/mol. The maximum Gasteiger partial charge on any atom is 1.00 e. The summed E-state index contributed by atoms with van der Waals surface area (Å²) in [6.45, 7) is 2.17. The van der Waals surface area contributed by atoms with Crippen LogP contribution in [-0.2, 0) is 16.5 Å². The molecule has 0 saturated heterocycles. The van der Waals surface area contributed by atoms with E-state index in [0.717, 1.165) is 31.7 Å². The predicted octanol–water partition coefficient (Wildman–Crippen LogP) is 2.10. The molecule has 0 amide bonds. The molecule has 0 unspecified atom stereocenters. The minimum absolute atomic E-state index is 0. The molecule has 0 aliphatic heterocycles. The SMILES string of the molecule is CCCCCCCCCc1c(Oc2ccccc2)ccc([O-])c1S(=O)(=O)O.[K+]. The van der Waals surface area contributed by atoms with Crippen molar-refractivity contribution in [3.05, 3.63) is 48.0 Å². The van der Waals surface area contributed by atoms with Gasteiger partial charge in [-0.05, 0) is 31.0 Å². The van der Waals surface area contributed by atoms with Crippen molar-refractivity contribution in [2.75, 3.05) is 0 Å². The third-order valence-corrected chi connectivity index (χ3v) is 5.40. The summed E-state index contributed by atoms with van der Waals surface area (Å²) in [5.41, 5.74) is 0.252. The number of hydrogen-bond donors (Lipinski definition) is 1. The monoisotopic (exact) mass is 430 g/mol. The Morgan fingerprint density at radius 1 is 0.929 bits per heavy atom. The largest absolute Gasteiger partial charge is 1.00 e. The molecule has 5 nitrogen and oxygen atoms in total. The molecule has 0 aromatic heterocycles. The molecule has 2 rings (SSSR count). The van der Waals surface area contributed by atoms with Gasteiger partial charge in [0.05, 0.1) is 4.90 Å². The Morgan fingerprint density at radius 3 is 2.14 bits per heavy atom. The number of rotatable bonds is 11. The Morgan fingerprint density at radius 2 is 1.54 bits per heavy atom. The van der Waals surface area contributed by atoms with Gasteiger partial charge in [-0.25, -0.2) is 0 Å². The van der Waals surface area contributed by atoms with E-state index in [1.807, 2.05) is 6.07 Å². The second kappa shape index (κ2) is 13.0. The van der Waals surface area contributed by atoms with E-state index >= 15 is 0 Å². The van der Waals surface area contributed by atoms with Crippen LogP contribution in [0.5, 0.6) is 17.2 Å². The molecule has 2 aromatic rings. The first-order chi connectivity index (χ1) is 12.9. The normalized spacial score (nSPS) is 11.1. The van der Waals surface area contributed by atoms with Gasteiger partial charge in [0.2, 0.25) is 0 Å². The first-order valence-corrected chi connectivity index (χ1v) is 10.9. The van der Waals surface area contributed by atoms with E-state index in [-0.39, 0.29) is 56.9 Å². The van der Waals surface area contributed by atoms with Crippen molar-refractivity contribution in [2.45, 2.75) is 63.2 Å². The van der Waals surface area contributed by atoms with Crippen LogP contribution in [0.4, 0.5) is 0 Å². The standard InChI is InChI=1S/C21H28O5S.K/c1-2-3-4-5-6-7-11-14-18-20(26-17-12-9-8-10-13-17)16-15-19(22)21(18)27(23,24)25;/h8-10,12-13,15-16,22H,2-7,11,14H2,1H3,(H,23,24,25);/q;+1/p-1. The molecule has 0 heterocycles.